The third-order valence-electron chi connectivity index (χ3n) is 2.09. The molecule has 0 fully saturated rings. The van der Waals surface area contributed by atoms with Crippen LogP contribution >= 0.6 is 15.9 Å². The maximum absolute atomic E-state index is 12.9. The maximum Gasteiger partial charge on any atom is 0.214 e. The lowest BCUT2D eigenvalue weighted by atomic mass is 10.3. The summed E-state index contributed by atoms with van der Waals surface area (Å²) in [6.45, 7) is 0. The minimum atomic E-state index is -0.517. The molecular formula is C12H10BrFN2O. The van der Waals surface area contributed by atoms with Crippen molar-refractivity contribution >= 4 is 27.4 Å². The Morgan fingerprint density at radius 3 is 2.82 bits per heavy atom. The summed E-state index contributed by atoms with van der Waals surface area (Å²) in [6.07, 6.45) is 0. The summed E-state index contributed by atoms with van der Waals surface area (Å²) in [4.78, 5) is 3.72. The third-order valence-corrected chi connectivity index (χ3v) is 2.55. The molecule has 5 heteroatoms. The molecule has 0 aliphatic carbocycles. The van der Waals surface area contributed by atoms with Crippen molar-refractivity contribution in [2.45, 2.75) is 0 Å². The molecule has 1 aromatic carbocycles. The van der Waals surface area contributed by atoms with Crippen LogP contribution in [0.3, 0.4) is 0 Å². The Morgan fingerprint density at radius 1 is 1.29 bits per heavy atom. The van der Waals surface area contributed by atoms with Gasteiger partial charge in [-0.05, 0) is 24.3 Å². The Kier molecular flexibility index (Phi) is 3.58. The van der Waals surface area contributed by atoms with Crippen molar-refractivity contribution in [3.05, 3.63) is 46.8 Å². The Labute approximate surface area is 107 Å². The van der Waals surface area contributed by atoms with Gasteiger partial charge in [0.2, 0.25) is 5.95 Å². The van der Waals surface area contributed by atoms with Crippen LogP contribution in [0.15, 0.2) is 40.9 Å². The second-order valence-corrected chi connectivity index (χ2v) is 4.27. The zero-order valence-corrected chi connectivity index (χ0v) is 10.7. The number of hydrogen-bond acceptors (Lipinski definition) is 3. The van der Waals surface area contributed by atoms with E-state index in [1.807, 2.05) is 12.1 Å². The molecule has 0 saturated heterocycles. The van der Waals surface area contributed by atoms with Crippen molar-refractivity contribution in [3.8, 4) is 5.75 Å². The molecule has 0 amide bonds. The van der Waals surface area contributed by atoms with E-state index in [0.717, 1.165) is 10.2 Å². The maximum atomic E-state index is 12.9. The van der Waals surface area contributed by atoms with E-state index in [9.17, 15) is 4.39 Å². The van der Waals surface area contributed by atoms with Crippen LogP contribution in [0.1, 0.15) is 0 Å². The van der Waals surface area contributed by atoms with Crippen molar-refractivity contribution in [1.82, 2.24) is 4.98 Å². The van der Waals surface area contributed by atoms with E-state index >= 15 is 0 Å². The van der Waals surface area contributed by atoms with Gasteiger partial charge in [0.25, 0.3) is 0 Å². The molecule has 0 aliphatic heterocycles. The van der Waals surface area contributed by atoms with E-state index in [4.69, 9.17) is 4.74 Å². The molecule has 1 N–H and O–H groups in total. The van der Waals surface area contributed by atoms with Crippen LogP contribution in [0.4, 0.5) is 15.9 Å². The predicted molar refractivity (Wildman–Crippen MR) is 68.2 cm³/mol. The van der Waals surface area contributed by atoms with Crippen LogP contribution in [0, 0.1) is 5.95 Å². The van der Waals surface area contributed by atoms with Crippen molar-refractivity contribution in [3.63, 3.8) is 0 Å². The standard InChI is InChI=1S/C12H10BrFN2O/c1-17-10-6-8(13)5-9(7-10)15-12-4-2-3-11(14)16-12/h2-7H,1H3,(H,15,16). The Balaban J connectivity index is 2.26. The monoisotopic (exact) mass is 296 g/mol. The highest BCUT2D eigenvalue weighted by atomic mass is 79.9. The van der Waals surface area contributed by atoms with Crippen molar-refractivity contribution < 1.29 is 9.13 Å². The van der Waals surface area contributed by atoms with Gasteiger partial charge in [-0.25, -0.2) is 4.98 Å². The van der Waals surface area contributed by atoms with Crippen LogP contribution in [0.5, 0.6) is 5.75 Å². The summed E-state index contributed by atoms with van der Waals surface area (Å²) in [5, 5.41) is 3.00. The first-order valence-corrected chi connectivity index (χ1v) is 5.71. The van der Waals surface area contributed by atoms with Crippen molar-refractivity contribution in [2.24, 2.45) is 0 Å². The highest BCUT2D eigenvalue weighted by Crippen LogP contribution is 2.26. The molecule has 0 unspecified atom stereocenters. The van der Waals surface area contributed by atoms with Gasteiger partial charge in [-0.3, -0.25) is 0 Å². The minimum absolute atomic E-state index is 0.449. The van der Waals surface area contributed by atoms with Gasteiger partial charge in [0.1, 0.15) is 11.6 Å². The first-order chi connectivity index (χ1) is 8.17. The summed E-state index contributed by atoms with van der Waals surface area (Å²) in [6, 6.07) is 10.1. The quantitative estimate of drug-likeness (QED) is 0.876. The first kappa shape index (κ1) is 11.9. The number of rotatable bonds is 3. The van der Waals surface area contributed by atoms with Crippen LogP contribution in [-0.4, -0.2) is 12.1 Å². The summed E-state index contributed by atoms with van der Waals surface area (Å²) in [5.74, 6) is 0.639. The topological polar surface area (TPSA) is 34.1 Å². The number of aromatic nitrogens is 1. The SMILES string of the molecule is COc1cc(Br)cc(Nc2cccc(F)n2)c1. The lowest BCUT2D eigenvalue weighted by Crippen LogP contribution is -1.95. The zero-order chi connectivity index (χ0) is 12.3. The number of nitrogens with zero attached hydrogens (tertiary/aromatic N) is 1. The molecule has 0 bridgehead atoms. The van der Waals surface area contributed by atoms with Crippen LogP contribution in [-0.2, 0) is 0 Å². The van der Waals surface area contributed by atoms with Gasteiger partial charge in [0.15, 0.2) is 0 Å². The van der Waals surface area contributed by atoms with E-state index in [1.54, 1.807) is 25.3 Å². The number of nitrogens with one attached hydrogen (secondary N) is 1. The summed E-state index contributed by atoms with van der Waals surface area (Å²) in [5.41, 5.74) is 0.773. The van der Waals surface area contributed by atoms with E-state index < -0.39 is 5.95 Å². The van der Waals surface area contributed by atoms with Gasteiger partial charge in [0, 0.05) is 16.2 Å². The van der Waals surface area contributed by atoms with Gasteiger partial charge in [-0.2, -0.15) is 4.39 Å². The molecule has 0 atom stereocenters. The molecule has 17 heavy (non-hydrogen) atoms. The van der Waals surface area contributed by atoms with Crippen LogP contribution < -0.4 is 10.1 Å². The van der Waals surface area contributed by atoms with E-state index in [1.165, 1.54) is 6.07 Å². The Hall–Kier alpha value is -1.62. The molecule has 0 spiro atoms. The number of benzene rings is 1. The van der Waals surface area contributed by atoms with Crippen molar-refractivity contribution in [1.29, 1.82) is 0 Å². The van der Waals surface area contributed by atoms with E-state index in [-0.39, 0.29) is 0 Å². The van der Waals surface area contributed by atoms with Gasteiger partial charge < -0.3 is 10.1 Å². The molecule has 0 saturated carbocycles. The van der Waals surface area contributed by atoms with Crippen LogP contribution in [0.2, 0.25) is 0 Å². The smallest absolute Gasteiger partial charge is 0.214 e. The second-order valence-electron chi connectivity index (χ2n) is 3.35. The fourth-order valence-corrected chi connectivity index (χ4v) is 1.85. The number of anilines is 2. The largest absolute Gasteiger partial charge is 0.497 e. The average molecular weight is 297 g/mol. The van der Waals surface area contributed by atoms with E-state index in [0.29, 0.717) is 11.6 Å². The number of pyridine rings is 1. The zero-order valence-electron chi connectivity index (χ0n) is 9.08. The molecular weight excluding hydrogens is 287 g/mol. The fourth-order valence-electron chi connectivity index (χ4n) is 1.38. The Bertz CT molecular complexity index is 534. The highest BCUT2D eigenvalue weighted by Gasteiger charge is 2.01. The second kappa shape index (κ2) is 5.14. The normalized spacial score (nSPS) is 10.1. The molecule has 1 heterocycles. The van der Waals surface area contributed by atoms with Gasteiger partial charge in [-0.15, -0.1) is 0 Å². The summed E-state index contributed by atoms with van der Waals surface area (Å²) >= 11 is 3.37. The lowest BCUT2D eigenvalue weighted by Gasteiger charge is -2.08. The number of halogens is 2. The highest BCUT2D eigenvalue weighted by molar-refractivity contribution is 9.10. The van der Waals surface area contributed by atoms with E-state index in [2.05, 4.69) is 26.2 Å². The average Bonchev–Trinajstić information content (AvgIpc) is 2.28. The molecule has 2 rings (SSSR count). The molecule has 1 aromatic heterocycles. The summed E-state index contributed by atoms with van der Waals surface area (Å²) in [7, 11) is 1.59. The fraction of sp³-hybridized carbons (Fsp3) is 0.0833. The van der Waals surface area contributed by atoms with Crippen molar-refractivity contribution in [2.75, 3.05) is 12.4 Å². The predicted octanol–water partition coefficient (Wildman–Crippen LogP) is 3.74. The lowest BCUT2D eigenvalue weighted by molar-refractivity contribution is 0.415. The minimum Gasteiger partial charge on any atom is -0.497 e. The van der Waals surface area contributed by atoms with Crippen LogP contribution in [0.25, 0.3) is 0 Å². The molecule has 3 nitrogen and oxygen atoms in total. The molecule has 88 valence electrons. The Morgan fingerprint density at radius 2 is 2.12 bits per heavy atom. The van der Waals surface area contributed by atoms with Gasteiger partial charge in [0.05, 0.1) is 7.11 Å². The number of methoxy groups -OCH3 is 1. The molecule has 0 radical (unpaired) electrons. The summed E-state index contributed by atoms with van der Waals surface area (Å²) < 4.78 is 18.9. The molecule has 0 aliphatic rings. The number of ether oxygens (including phenoxy) is 1. The van der Waals surface area contributed by atoms with Gasteiger partial charge in [-0.1, -0.05) is 22.0 Å². The first-order valence-electron chi connectivity index (χ1n) is 4.91. The third kappa shape index (κ3) is 3.17. The van der Waals surface area contributed by atoms with Gasteiger partial charge >= 0.3 is 0 Å². The molecule has 2 aromatic rings. The number of hydrogen-bond donors (Lipinski definition) is 1.